The predicted octanol–water partition coefficient (Wildman–Crippen LogP) is 4.67. The molecule has 1 heterocycles. The Morgan fingerprint density at radius 3 is 2.67 bits per heavy atom. The quantitative estimate of drug-likeness (QED) is 0.801. The maximum atomic E-state index is 6.28. The fourth-order valence-corrected chi connectivity index (χ4v) is 4.74. The smallest absolute Gasteiger partial charge is 0.0416 e. The number of rotatable bonds is 5. The maximum absolute atomic E-state index is 6.28. The lowest BCUT2D eigenvalue weighted by Gasteiger charge is -2.44. The van der Waals surface area contributed by atoms with E-state index in [-0.39, 0.29) is 5.54 Å². The highest BCUT2D eigenvalue weighted by Crippen LogP contribution is 2.40. The minimum Gasteiger partial charge on any atom is -0.329 e. The van der Waals surface area contributed by atoms with Crippen molar-refractivity contribution >= 4 is 11.3 Å². The van der Waals surface area contributed by atoms with E-state index >= 15 is 0 Å². The third-order valence-corrected chi connectivity index (χ3v) is 6.85. The van der Waals surface area contributed by atoms with Gasteiger partial charge in [0.1, 0.15) is 0 Å². The zero-order valence-electron chi connectivity index (χ0n) is 14.1. The molecule has 3 heteroatoms. The van der Waals surface area contributed by atoms with Crippen molar-refractivity contribution in [2.75, 3.05) is 13.6 Å². The van der Waals surface area contributed by atoms with Crippen LogP contribution in [0.4, 0.5) is 0 Å². The van der Waals surface area contributed by atoms with Crippen molar-refractivity contribution in [3.8, 4) is 0 Å². The molecule has 2 N–H and O–H groups in total. The molecule has 3 unspecified atom stereocenters. The standard InChI is InChI=1S/C18H32N2S/c1-14(2)16-7-5-10-18(13-19,11-9-16)20(4)15(3)17-8-6-12-21-17/h6,8,12,14-16H,5,7,9-11,13,19H2,1-4H3. The Labute approximate surface area is 134 Å². The molecular formula is C18H32N2S. The number of nitrogens with zero attached hydrogens (tertiary/aromatic N) is 1. The predicted molar refractivity (Wildman–Crippen MR) is 93.7 cm³/mol. The summed E-state index contributed by atoms with van der Waals surface area (Å²) in [6.45, 7) is 7.86. The number of likely N-dealkylation sites (N-methyl/N-ethyl adjacent to an activating group) is 1. The molecule has 2 nitrogen and oxygen atoms in total. The summed E-state index contributed by atoms with van der Waals surface area (Å²) in [5.41, 5.74) is 6.47. The van der Waals surface area contributed by atoms with Gasteiger partial charge in [-0.2, -0.15) is 0 Å². The van der Waals surface area contributed by atoms with Gasteiger partial charge in [0.15, 0.2) is 0 Å². The summed E-state index contributed by atoms with van der Waals surface area (Å²) in [7, 11) is 2.28. The van der Waals surface area contributed by atoms with Gasteiger partial charge in [0.05, 0.1) is 0 Å². The van der Waals surface area contributed by atoms with E-state index in [1.54, 1.807) is 0 Å². The summed E-state index contributed by atoms with van der Waals surface area (Å²) >= 11 is 1.86. The highest BCUT2D eigenvalue weighted by molar-refractivity contribution is 7.10. The van der Waals surface area contributed by atoms with Gasteiger partial charge in [0.25, 0.3) is 0 Å². The van der Waals surface area contributed by atoms with Gasteiger partial charge < -0.3 is 5.73 Å². The molecule has 1 aliphatic carbocycles. The summed E-state index contributed by atoms with van der Waals surface area (Å²) in [5.74, 6) is 1.68. The van der Waals surface area contributed by atoms with Crippen molar-refractivity contribution in [1.82, 2.24) is 4.90 Å². The summed E-state index contributed by atoms with van der Waals surface area (Å²) in [6.07, 6.45) is 6.52. The summed E-state index contributed by atoms with van der Waals surface area (Å²) in [4.78, 5) is 4.02. The van der Waals surface area contributed by atoms with Crippen molar-refractivity contribution in [3.05, 3.63) is 22.4 Å². The van der Waals surface area contributed by atoms with Gasteiger partial charge in [-0.3, -0.25) is 4.90 Å². The van der Waals surface area contributed by atoms with Gasteiger partial charge >= 0.3 is 0 Å². The topological polar surface area (TPSA) is 29.3 Å². The Hall–Kier alpha value is -0.380. The fraction of sp³-hybridized carbons (Fsp3) is 0.778. The van der Waals surface area contributed by atoms with E-state index in [2.05, 4.69) is 50.2 Å². The van der Waals surface area contributed by atoms with Crippen molar-refractivity contribution in [2.24, 2.45) is 17.6 Å². The molecule has 0 radical (unpaired) electrons. The van der Waals surface area contributed by atoms with E-state index in [1.165, 1.54) is 37.0 Å². The third kappa shape index (κ3) is 3.69. The molecule has 0 aliphatic heterocycles. The van der Waals surface area contributed by atoms with Crippen LogP contribution in [0.15, 0.2) is 17.5 Å². The van der Waals surface area contributed by atoms with E-state index < -0.39 is 0 Å². The van der Waals surface area contributed by atoms with Crippen LogP contribution in [-0.2, 0) is 0 Å². The largest absolute Gasteiger partial charge is 0.329 e. The fourth-order valence-electron chi connectivity index (χ4n) is 3.91. The Balaban J connectivity index is 2.13. The summed E-state index contributed by atoms with van der Waals surface area (Å²) in [5, 5.41) is 2.18. The highest BCUT2D eigenvalue weighted by Gasteiger charge is 2.38. The SMILES string of the molecule is CC(C)C1CCCC(CN)(N(C)C(C)c2cccs2)CC1. The highest BCUT2D eigenvalue weighted by atomic mass is 32.1. The Morgan fingerprint density at radius 2 is 2.10 bits per heavy atom. The summed E-state index contributed by atoms with van der Waals surface area (Å²) in [6, 6.07) is 4.87. The first-order valence-corrected chi connectivity index (χ1v) is 9.34. The van der Waals surface area contributed by atoms with Crippen LogP contribution in [0.1, 0.15) is 63.8 Å². The molecule has 1 aromatic heterocycles. The van der Waals surface area contributed by atoms with Gasteiger partial charge in [-0.1, -0.05) is 32.8 Å². The first kappa shape index (κ1) is 17.0. The zero-order valence-corrected chi connectivity index (χ0v) is 15.0. The molecule has 1 aliphatic rings. The summed E-state index contributed by atoms with van der Waals surface area (Å²) < 4.78 is 0. The van der Waals surface area contributed by atoms with Crippen LogP contribution in [0.5, 0.6) is 0 Å². The lowest BCUT2D eigenvalue weighted by molar-refractivity contribution is 0.0688. The number of hydrogen-bond acceptors (Lipinski definition) is 3. The molecule has 2 rings (SSSR count). The molecule has 0 amide bonds. The molecule has 120 valence electrons. The van der Waals surface area contributed by atoms with Crippen LogP contribution >= 0.6 is 11.3 Å². The second-order valence-electron chi connectivity index (χ2n) is 7.17. The Morgan fingerprint density at radius 1 is 1.33 bits per heavy atom. The van der Waals surface area contributed by atoms with Crippen molar-refractivity contribution in [1.29, 1.82) is 0 Å². The van der Waals surface area contributed by atoms with Gasteiger partial charge in [-0.15, -0.1) is 11.3 Å². The first-order chi connectivity index (χ1) is 10.00. The number of nitrogens with two attached hydrogens (primary N) is 1. The third-order valence-electron chi connectivity index (χ3n) is 5.80. The average Bonchev–Trinajstić information content (AvgIpc) is 2.91. The number of hydrogen-bond donors (Lipinski definition) is 1. The van der Waals surface area contributed by atoms with Crippen LogP contribution < -0.4 is 5.73 Å². The van der Waals surface area contributed by atoms with Gasteiger partial charge in [0, 0.05) is 23.0 Å². The zero-order chi connectivity index (χ0) is 15.5. The molecule has 1 aromatic rings. The lowest BCUT2D eigenvalue weighted by Crippen LogP contribution is -2.52. The van der Waals surface area contributed by atoms with E-state index in [9.17, 15) is 0 Å². The molecular weight excluding hydrogens is 276 g/mol. The molecule has 1 saturated carbocycles. The molecule has 0 aromatic carbocycles. The van der Waals surface area contributed by atoms with Crippen molar-refractivity contribution in [2.45, 2.75) is 64.5 Å². The lowest BCUT2D eigenvalue weighted by atomic mass is 9.85. The van der Waals surface area contributed by atoms with Crippen LogP contribution in [0.2, 0.25) is 0 Å². The molecule has 0 spiro atoms. The van der Waals surface area contributed by atoms with Gasteiger partial charge in [-0.05, 0) is 56.5 Å². The van der Waals surface area contributed by atoms with Crippen LogP contribution in [0, 0.1) is 11.8 Å². The molecule has 3 atom stereocenters. The van der Waals surface area contributed by atoms with E-state index in [0.717, 1.165) is 18.4 Å². The van der Waals surface area contributed by atoms with Crippen LogP contribution in [0.25, 0.3) is 0 Å². The average molecular weight is 309 g/mol. The molecule has 21 heavy (non-hydrogen) atoms. The monoisotopic (exact) mass is 308 g/mol. The van der Waals surface area contributed by atoms with E-state index in [0.29, 0.717) is 6.04 Å². The van der Waals surface area contributed by atoms with E-state index in [4.69, 9.17) is 5.73 Å². The first-order valence-electron chi connectivity index (χ1n) is 8.46. The minimum atomic E-state index is 0.188. The maximum Gasteiger partial charge on any atom is 0.0416 e. The normalized spacial score (nSPS) is 28.8. The van der Waals surface area contributed by atoms with Gasteiger partial charge in [0.2, 0.25) is 0 Å². The van der Waals surface area contributed by atoms with E-state index in [1.807, 2.05) is 11.3 Å². The van der Waals surface area contributed by atoms with Gasteiger partial charge in [-0.25, -0.2) is 0 Å². The second-order valence-corrected chi connectivity index (χ2v) is 8.15. The molecule has 0 saturated heterocycles. The Kier molecular flexibility index (Phi) is 5.87. The Bertz CT molecular complexity index is 415. The second kappa shape index (κ2) is 7.26. The van der Waals surface area contributed by atoms with Crippen molar-refractivity contribution < 1.29 is 0 Å². The van der Waals surface area contributed by atoms with Crippen molar-refractivity contribution in [3.63, 3.8) is 0 Å². The molecule has 0 bridgehead atoms. The number of thiophene rings is 1. The van der Waals surface area contributed by atoms with Crippen LogP contribution in [-0.4, -0.2) is 24.0 Å². The minimum absolute atomic E-state index is 0.188. The molecule has 1 fully saturated rings. The van der Waals surface area contributed by atoms with Crippen LogP contribution in [0.3, 0.4) is 0 Å².